The Hall–Kier alpha value is -1.56. The van der Waals surface area contributed by atoms with E-state index >= 15 is 0 Å². The molecule has 0 saturated heterocycles. The zero-order chi connectivity index (χ0) is 18.8. The molecule has 0 spiro atoms. The number of unbranched alkanes of at least 4 members (excludes halogenated alkanes) is 2. The molecule has 0 radical (unpaired) electrons. The van der Waals surface area contributed by atoms with Crippen LogP contribution in [-0.2, 0) is 23.7 Å². The van der Waals surface area contributed by atoms with Crippen molar-refractivity contribution in [3.63, 3.8) is 0 Å². The molecule has 0 fully saturated rings. The van der Waals surface area contributed by atoms with Crippen molar-refractivity contribution in [2.24, 2.45) is 0 Å². The summed E-state index contributed by atoms with van der Waals surface area (Å²) in [6.45, 7) is 11.9. The molecule has 0 heterocycles. The highest BCUT2D eigenvalue weighted by molar-refractivity contribution is 5.53. The van der Waals surface area contributed by atoms with Crippen molar-refractivity contribution in [1.29, 1.82) is 0 Å². The molecular formula is C26H36. The minimum atomic E-state index is 0.129. The van der Waals surface area contributed by atoms with Crippen LogP contribution in [0, 0.1) is 0 Å². The number of hydrogen-bond acceptors (Lipinski definition) is 0. The van der Waals surface area contributed by atoms with Crippen LogP contribution in [0.1, 0.15) is 94.5 Å². The molecule has 0 saturated carbocycles. The van der Waals surface area contributed by atoms with E-state index in [1.165, 1.54) is 61.6 Å². The maximum absolute atomic E-state index is 2.51. The van der Waals surface area contributed by atoms with E-state index in [2.05, 4.69) is 77.1 Å². The summed E-state index contributed by atoms with van der Waals surface area (Å²) in [6, 6.07) is 16.7. The third-order valence-electron chi connectivity index (χ3n) is 6.41. The Kier molecular flexibility index (Phi) is 5.61. The molecule has 0 aliphatic heterocycles. The van der Waals surface area contributed by atoms with E-state index in [0.717, 1.165) is 0 Å². The molecule has 140 valence electrons. The third kappa shape index (κ3) is 3.61. The van der Waals surface area contributed by atoms with E-state index in [1.54, 1.807) is 11.1 Å². The molecule has 3 rings (SSSR count). The van der Waals surface area contributed by atoms with Crippen molar-refractivity contribution in [2.45, 2.75) is 90.4 Å². The lowest BCUT2D eigenvalue weighted by molar-refractivity contribution is 0.424. The quantitative estimate of drug-likeness (QED) is 0.490. The van der Waals surface area contributed by atoms with Crippen molar-refractivity contribution in [1.82, 2.24) is 0 Å². The van der Waals surface area contributed by atoms with Gasteiger partial charge in [0.25, 0.3) is 0 Å². The van der Waals surface area contributed by atoms with E-state index in [1.807, 2.05) is 0 Å². The van der Waals surface area contributed by atoms with Gasteiger partial charge in [-0.25, -0.2) is 0 Å². The molecule has 2 aromatic carbocycles. The van der Waals surface area contributed by atoms with Crippen molar-refractivity contribution >= 4 is 0 Å². The Bertz CT molecular complexity index is 752. The first-order chi connectivity index (χ1) is 12.4. The summed E-state index contributed by atoms with van der Waals surface area (Å²) in [4.78, 5) is 0. The number of rotatable bonds is 7. The van der Waals surface area contributed by atoms with Crippen LogP contribution in [-0.4, -0.2) is 0 Å². The van der Waals surface area contributed by atoms with Gasteiger partial charge in [0.2, 0.25) is 0 Å². The van der Waals surface area contributed by atoms with E-state index in [0.29, 0.717) is 0 Å². The molecule has 0 nitrogen and oxygen atoms in total. The normalized spacial score (nSPS) is 21.0. The summed E-state index contributed by atoms with van der Waals surface area (Å²) < 4.78 is 0. The first-order valence-corrected chi connectivity index (χ1v) is 10.6. The molecule has 26 heavy (non-hydrogen) atoms. The second-order valence-electron chi connectivity index (χ2n) is 9.18. The second kappa shape index (κ2) is 7.59. The number of aryl methyl sites for hydroxylation is 2. The zero-order valence-electron chi connectivity index (χ0n) is 17.5. The first kappa shape index (κ1) is 19.2. The van der Waals surface area contributed by atoms with E-state index < -0.39 is 0 Å². The van der Waals surface area contributed by atoms with Gasteiger partial charge in [0.15, 0.2) is 0 Å². The highest BCUT2D eigenvalue weighted by Gasteiger charge is 2.45. The van der Waals surface area contributed by atoms with Crippen LogP contribution >= 0.6 is 0 Å². The van der Waals surface area contributed by atoms with Crippen molar-refractivity contribution in [3.8, 4) is 0 Å². The summed E-state index contributed by atoms with van der Waals surface area (Å²) in [6.07, 6.45) is 8.71. The molecule has 1 atom stereocenters. The molecule has 0 amide bonds. The van der Waals surface area contributed by atoms with E-state index in [4.69, 9.17) is 0 Å². The SMILES string of the molecule is CCCCc1cccc(C2(C)CC(C)(C)c3cc(CCCC)ccc32)c1. The van der Waals surface area contributed by atoms with Crippen LogP contribution in [0.2, 0.25) is 0 Å². The molecule has 0 bridgehead atoms. The number of hydrogen-bond donors (Lipinski definition) is 0. The monoisotopic (exact) mass is 348 g/mol. The molecule has 0 heteroatoms. The van der Waals surface area contributed by atoms with Gasteiger partial charge in [-0.2, -0.15) is 0 Å². The van der Waals surface area contributed by atoms with E-state index in [-0.39, 0.29) is 10.8 Å². The van der Waals surface area contributed by atoms with Gasteiger partial charge in [0, 0.05) is 5.41 Å². The topological polar surface area (TPSA) is 0 Å². The largest absolute Gasteiger partial charge is 0.0654 e. The number of fused-ring (bicyclic) bond motifs is 1. The van der Waals surface area contributed by atoms with Crippen molar-refractivity contribution < 1.29 is 0 Å². The van der Waals surface area contributed by atoms with Crippen LogP contribution < -0.4 is 0 Å². The van der Waals surface area contributed by atoms with Gasteiger partial charge in [0.1, 0.15) is 0 Å². The summed E-state index contributed by atoms with van der Waals surface area (Å²) in [7, 11) is 0. The fraction of sp³-hybridized carbons (Fsp3) is 0.538. The summed E-state index contributed by atoms with van der Waals surface area (Å²) in [5.74, 6) is 0. The van der Waals surface area contributed by atoms with E-state index in [9.17, 15) is 0 Å². The van der Waals surface area contributed by atoms with Crippen LogP contribution in [0.3, 0.4) is 0 Å². The van der Waals surface area contributed by atoms with Crippen LogP contribution in [0.5, 0.6) is 0 Å². The smallest absolute Gasteiger partial charge is 0.0186 e. The third-order valence-corrected chi connectivity index (χ3v) is 6.41. The second-order valence-corrected chi connectivity index (χ2v) is 9.18. The predicted molar refractivity (Wildman–Crippen MR) is 114 cm³/mol. The fourth-order valence-electron chi connectivity index (χ4n) is 4.95. The Morgan fingerprint density at radius 1 is 0.769 bits per heavy atom. The molecular weight excluding hydrogens is 312 g/mol. The number of benzene rings is 2. The Morgan fingerprint density at radius 2 is 1.42 bits per heavy atom. The van der Waals surface area contributed by atoms with Gasteiger partial charge in [0.05, 0.1) is 0 Å². The lowest BCUT2D eigenvalue weighted by atomic mass is 9.74. The van der Waals surface area contributed by atoms with Crippen LogP contribution in [0.25, 0.3) is 0 Å². The average molecular weight is 349 g/mol. The van der Waals surface area contributed by atoms with Gasteiger partial charge in [-0.15, -0.1) is 0 Å². The minimum absolute atomic E-state index is 0.129. The molecule has 1 unspecified atom stereocenters. The maximum Gasteiger partial charge on any atom is 0.0186 e. The minimum Gasteiger partial charge on any atom is -0.0654 e. The average Bonchev–Trinajstić information content (AvgIpc) is 2.85. The van der Waals surface area contributed by atoms with Crippen molar-refractivity contribution in [3.05, 3.63) is 70.3 Å². The zero-order valence-corrected chi connectivity index (χ0v) is 17.5. The predicted octanol–water partition coefficient (Wildman–Crippen LogP) is 7.36. The highest BCUT2D eigenvalue weighted by atomic mass is 14.5. The van der Waals surface area contributed by atoms with Gasteiger partial charge in [-0.3, -0.25) is 0 Å². The van der Waals surface area contributed by atoms with Gasteiger partial charge in [-0.1, -0.05) is 89.9 Å². The fourth-order valence-corrected chi connectivity index (χ4v) is 4.95. The maximum atomic E-state index is 2.51. The summed E-state index contributed by atoms with van der Waals surface area (Å²) in [5, 5.41) is 0. The van der Waals surface area contributed by atoms with Gasteiger partial charge < -0.3 is 0 Å². The van der Waals surface area contributed by atoms with Crippen LogP contribution in [0.4, 0.5) is 0 Å². The molecule has 0 N–H and O–H groups in total. The first-order valence-electron chi connectivity index (χ1n) is 10.6. The molecule has 1 aliphatic rings. The van der Waals surface area contributed by atoms with Gasteiger partial charge >= 0.3 is 0 Å². The molecule has 2 aromatic rings. The van der Waals surface area contributed by atoms with Crippen molar-refractivity contribution in [2.75, 3.05) is 0 Å². The lowest BCUT2D eigenvalue weighted by Crippen LogP contribution is -2.23. The lowest BCUT2D eigenvalue weighted by Gasteiger charge is -2.29. The standard InChI is InChI=1S/C26H36/c1-6-8-11-20-13-10-14-22(17-20)26(5)19-25(3,4)24-18-21(12-9-7-2)15-16-23(24)26/h10,13-18H,6-9,11-12,19H2,1-5H3. The molecule has 1 aliphatic carbocycles. The van der Waals surface area contributed by atoms with Crippen LogP contribution in [0.15, 0.2) is 42.5 Å². The summed E-state index contributed by atoms with van der Waals surface area (Å²) >= 11 is 0. The summed E-state index contributed by atoms with van der Waals surface area (Å²) in [5.41, 5.74) is 8.01. The Labute approximate surface area is 161 Å². The molecule has 0 aromatic heterocycles. The van der Waals surface area contributed by atoms with Gasteiger partial charge in [-0.05, 0) is 65.3 Å². The highest BCUT2D eigenvalue weighted by Crippen LogP contribution is 2.53. The Balaban J connectivity index is 2.00. The Morgan fingerprint density at radius 3 is 2.08 bits per heavy atom.